The Morgan fingerprint density at radius 1 is 1.14 bits per heavy atom. The van der Waals surface area contributed by atoms with E-state index in [1.165, 1.54) is 6.42 Å². The van der Waals surface area contributed by atoms with Gasteiger partial charge in [-0.1, -0.05) is 55.2 Å². The Morgan fingerprint density at radius 2 is 1.67 bits per heavy atom. The third kappa shape index (κ3) is 5.71. The molecular weight excluding hydrogens is 352 g/mol. The van der Waals surface area contributed by atoms with E-state index in [1.807, 2.05) is 12.1 Å². The number of hydrogen-bond donors (Lipinski definition) is 0. The van der Waals surface area contributed by atoms with E-state index < -0.39 is 0 Å². The second-order valence-corrected chi connectivity index (χ2v) is 8.31. The molecule has 0 spiro atoms. The summed E-state index contributed by atoms with van der Waals surface area (Å²) in [6.07, 6.45) is 2.21. The third-order valence-corrected chi connectivity index (χ3v) is 4.60. The number of methoxy groups -OCH3 is 2. The fraction of sp³-hybridized carbons (Fsp3) is 0.647. The Hall–Kier alpha value is -0.410. The standard InChI is InChI=1S/C17H26BrClO2/c1-11(10-17(2,3)4)7-13(18)12-8-15(20-5)16(21-6)9-14(12)19/h8-9,11,13H,7,10H2,1-6H3. The number of rotatable bonds is 6. The first-order valence-electron chi connectivity index (χ1n) is 7.23. The minimum Gasteiger partial charge on any atom is -0.493 e. The molecular formula is C17H26BrClO2. The zero-order valence-corrected chi connectivity index (χ0v) is 16.1. The largest absolute Gasteiger partial charge is 0.493 e. The van der Waals surface area contributed by atoms with Crippen molar-refractivity contribution in [3.63, 3.8) is 0 Å². The molecule has 2 atom stereocenters. The van der Waals surface area contributed by atoms with Crippen LogP contribution in [0, 0.1) is 11.3 Å². The summed E-state index contributed by atoms with van der Waals surface area (Å²) in [5.41, 5.74) is 1.39. The summed E-state index contributed by atoms with van der Waals surface area (Å²) in [4.78, 5) is 0.210. The SMILES string of the molecule is COc1cc(Cl)c(C(Br)CC(C)CC(C)(C)C)cc1OC. The quantitative estimate of drug-likeness (QED) is 0.545. The second-order valence-electron chi connectivity index (χ2n) is 6.80. The van der Waals surface area contributed by atoms with Gasteiger partial charge in [0.2, 0.25) is 0 Å². The molecule has 21 heavy (non-hydrogen) atoms. The van der Waals surface area contributed by atoms with Crippen molar-refractivity contribution in [2.75, 3.05) is 14.2 Å². The fourth-order valence-electron chi connectivity index (χ4n) is 2.72. The van der Waals surface area contributed by atoms with Gasteiger partial charge in [-0.25, -0.2) is 0 Å². The molecule has 1 aromatic rings. The highest BCUT2D eigenvalue weighted by Gasteiger charge is 2.21. The molecule has 0 radical (unpaired) electrons. The van der Waals surface area contributed by atoms with Gasteiger partial charge in [0.05, 0.1) is 14.2 Å². The van der Waals surface area contributed by atoms with Crippen LogP contribution in [-0.2, 0) is 0 Å². The summed E-state index contributed by atoms with van der Waals surface area (Å²) in [7, 11) is 3.26. The van der Waals surface area contributed by atoms with Crippen LogP contribution in [0.3, 0.4) is 0 Å². The zero-order chi connectivity index (χ0) is 16.2. The lowest BCUT2D eigenvalue weighted by Gasteiger charge is -2.25. The first-order chi connectivity index (χ1) is 9.67. The molecule has 0 heterocycles. The molecule has 0 bridgehead atoms. The lowest BCUT2D eigenvalue weighted by molar-refractivity contribution is 0.296. The highest BCUT2D eigenvalue weighted by Crippen LogP contribution is 2.42. The highest BCUT2D eigenvalue weighted by molar-refractivity contribution is 9.09. The van der Waals surface area contributed by atoms with Crippen LogP contribution >= 0.6 is 27.5 Å². The van der Waals surface area contributed by atoms with Gasteiger partial charge in [0.25, 0.3) is 0 Å². The first-order valence-corrected chi connectivity index (χ1v) is 8.52. The fourth-order valence-corrected chi connectivity index (χ4v) is 4.15. The molecule has 0 aliphatic rings. The van der Waals surface area contributed by atoms with E-state index >= 15 is 0 Å². The first kappa shape index (κ1) is 18.6. The average molecular weight is 378 g/mol. The number of alkyl halides is 1. The van der Waals surface area contributed by atoms with E-state index in [-0.39, 0.29) is 4.83 Å². The summed E-state index contributed by atoms with van der Waals surface area (Å²) in [5, 5.41) is 0.706. The highest BCUT2D eigenvalue weighted by atomic mass is 79.9. The molecule has 0 aromatic heterocycles. The van der Waals surface area contributed by atoms with Gasteiger partial charge in [-0.15, -0.1) is 0 Å². The minimum atomic E-state index is 0.210. The normalized spacial score (nSPS) is 14.7. The molecule has 0 aliphatic carbocycles. The second kappa shape index (κ2) is 7.73. The molecule has 0 N–H and O–H groups in total. The van der Waals surface area contributed by atoms with Crippen LogP contribution in [0.15, 0.2) is 12.1 Å². The maximum absolute atomic E-state index is 6.38. The van der Waals surface area contributed by atoms with Crippen molar-refractivity contribution in [2.45, 2.75) is 45.4 Å². The Bertz CT molecular complexity index is 469. The minimum absolute atomic E-state index is 0.210. The molecule has 2 nitrogen and oxygen atoms in total. The maximum Gasteiger partial charge on any atom is 0.162 e. The summed E-state index contributed by atoms with van der Waals surface area (Å²) in [6, 6.07) is 3.78. The summed E-state index contributed by atoms with van der Waals surface area (Å²) < 4.78 is 10.6. The molecule has 0 aliphatic heterocycles. The van der Waals surface area contributed by atoms with Crippen LogP contribution in [0.5, 0.6) is 11.5 Å². The monoisotopic (exact) mass is 376 g/mol. The molecule has 1 rings (SSSR count). The van der Waals surface area contributed by atoms with E-state index in [9.17, 15) is 0 Å². The summed E-state index contributed by atoms with van der Waals surface area (Å²) in [5.74, 6) is 1.98. The van der Waals surface area contributed by atoms with Crippen molar-refractivity contribution in [1.29, 1.82) is 0 Å². The lowest BCUT2D eigenvalue weighted by Crippen LogP contribution is -2.12. The summed E-state index contributed by atoms with van der Waals surface area (Å²) >= 11 is 10.2. The summed E-state index contributed by atoms with van der Waals surface area (Å²) in [6.45, 7) is 9.11. The number of ether oxygens (including phenoxy) is 2. The Morgan fingerprint density at radius 3 is 2.14 bits per heavy atom. The van der Waals surface area contributed by atoms with Crippen molar-refractivity contribution in [3.8, 4) is 11.5 Å². The number of hydrogen-bond acceptors (Lipinski definition) is 2. The van der Waals surface area contributed by atoms with Crippen molar-refractivity contribution in [1.82, 2.24) is 0 Å². The van der Waals surface area contributed by atoms with Gasteiger partial charge in [0.15, 0.2) is 11.5 Å². The van der Waals surface area contributed by atoms with E-state index in [0.29, 0.717) is 27.9 Å². The Kier molecular flexibility index (Phi) is 6.86. The molecule has 0 fully saturated rings. The molecule has 120 valence electrons. The number of benzene rings is 1. The van der Waals surface area contributed by atoms with Gasteiger partial charge in [0.1, 0.15) is 0 Å². The predicted octanol–water partition coefficient (Wildman–Crippen LogP) is 6.26. The van der Waals surface area contributed by atoms with Crippen LogP contribution < -0.4 is 9.47 Å². The molecule has 1 aromatic carbocycles. The van der Waals surface area contributed by atoms with Gasteiger partial charge >= 0.3 is 0 Å². The van der Waals surface area contributed by atoms with E-state index in [2.05, 4.69) is 43.6 Å². The van der Waals surface area contributed by atoms with Crippen molar-refractivity contribution >= 4 is 27.5 Å². The van der Waals surface area contributed by atoms with Crippen molar-refractivity contribution in [3.05, 3.63) is 22.7 Å². The molecule has 2 unspecified atom stereocenters. The topological polar surface area (TPSA) is 18.5 Å². The van der Waals surface area contributed by atoms with E-state index in [4.69, 9.17) is 21.1 Å². The van der Waals surface area contributed by atoms with Crippen LogP contribution in [0.25, 0.3) is 0 Å². The van der Waals surface area contributed by atoms with Gasteiger partial charge in [-0.3, -0.25) is 0 Å². The van der Waals surface area contributed by atoms with E-state index in [0.717, 1.165) is 12.0 Å². The predicted molar refractivity (Wildman–Crippen MR) is 94.1 cm³/mol. The lowest BCUT2D eigenvalue weighted by atomic mass is 9.83. The number of halogens is 2. The van der Waals surface area contributed by atoms with Gasteiger partial charge in [0, 0.05) is 15.9 Å². The zero-order valence-electron chi connectivity index (χ0n) is 13.8. The smallest absolute Gasteiger partial charge is 0.162 e. The van der Waals surface area contributed by atoms with Crippen LogP contribution in [-0.4, -0.2) is 14.2 Å². The molecule has 0 amide bonds. The van der Waals surface area contributed by atoms with Gasteiger partial charge in [-0.05, 0) is 35.8 Å². The molecule has 0 saturated carbocycles. The van der Waals surface area contributed by atoms with Gasteiger partial charge in [-0.2, -0.15) is 0 Å². The van der Waals surface area contributed by atoms with E-state index in [1.54, 1.807) is 14.2 Å². The molecule has 0 saturated heterocycles. The maximum atomic E-state index is 6.38. The average Bonchev–Trinajstić information content (AvgIpc) is 2.35. The van der Waals surface area contributed by atoms with Crippen LogP contribution in [0.1, 0.15) is 50.9 Å². The third-order valence-electron chi connectivity index (χ3n) is 3.41. The Balaban J connectivity index is 2.89. The molecule has 4 heteroatoms. The van der Waals surface area contributed by atoms with Crippen LogP contribution in [0.4, 0.5) is 0 Å². The Labute approximate surface area is 142 Å². The van der Waals surface area contributed by atoms with Crippen molar-refractivity contribution < 1.29 is 9.47 Å². The van der Waals surface area contributed by atoms with Gasteiger partial charge < -0.3 is 9.47 Å². The van der Waals surface area contributed by atoms with Crippen LogP contribution in [0.2, 0.25) is 5.02 Å². The van der Waals surface area contributed by atoms with Crippen molar-refractivity contribution in [2.24, 2.45) is 11.3 Å².